The van der Waals surface area contributed by atoms with Crippen LogP contribution in [0.25, 0.3) is 0 Å². The van der Waals surface area contributed by atoms with Gasteiger partial charge in [-0.3, -0.25) is 0 Å². The quantitative estimate of drug-likeness (QED) is 0.211. The second-order valence-corrected chi connectivity index (χ2v) is 15.7. The molecule has 2 atom stereocenters. The molecule has 4 aromatic rings. The number of rotatable bonds is 6. The zero-order valence-corrected chi connectivity index (χ0v) is 27.8. The van der Waals surface area contributed by atoms with Crippen molar-refractivity contribution >= 4 is 20.0 Å². The zero-order valence-electron chi connectivity index (χ0n) is 26.2. The highest BCUT2D eigenvalue weighted by Crippen LogP contribution is 2.47. The summed E-state index contributed by atoms with van der Waals surface area (Å²) in [5.74, 6) is 0. The molecule has 1 heterocycles. The number of nitrogens with zero attached hydrogens (tertiary/aromatic N) is 2. The van der Waals surface area contributed by atoms with Gasteiger partial charge in [0.1, 0.15) is 0 Å². The van der Waals surface area contributed by atoms with E-state index in [4.69, 9.17) is 0 Å². The molecule has 4 aromatic carbocycles. The predicted octanol–water partition coefficient (Wildman–Crippen LogP) is 7.27. The minimum atomic E-state index is -4.14. The van der Waals surface area contributed by atoms with Gasteiger partial charge in [-0.25, -0.2) is 16.8 Å². The maximum absolute atomic E-state index is 14.9. The molecule has 0 saturated carbocycles. The summed E-state index contributed by atoms with van der Waals surface area (Å²) in [5.41, 5.74) is 6.42. The van der Waals surface area contributed by atoms with Crippen molar-refractivity contribution in [2.75, 3.05) is 13.1 Å². The summed E-state index contributed by atoms with van der Waals surface area (Å²) in [6, 6.07) is 24.4. The Labute approximate surface area is 262 Å². The fourth-order valence-electron chi connectivity index (χ4n) is 6.85. The molecule has 230 valence electrons. The van der Waals surface area contributed by atoms with Crippen LogP contribution in [0, 0.1) is 41.5 Å². The molecule has 0 unspecified atom stereocenters. The molecular weight excluding hydrogens is 589 g/mol. The van der Waals surface area contributed by atoms with Crippen LogP contribution in [0.1, 0.15) is 56.6 Å². The van der Waals surface area contributed by atoms with Gasteiger partial charge in [-0.1, -0.05) is 103 Å². The largest absolute Gasteiger partial charge is 0.244 e. The Kier molecular flexibility index (Phi) is 8.75. The van der Waals surface area contributed by atoms with Crippen molar-refractivity contribution < 1.29 is 16.8 Å². The zero-order chi connectivity index (χ0) is 32.0. The van der Waals surface area contributed by atoms with E-state index in [2.05, 4.69) is 6.58 Å². The molecule has 5 rings (SSSR count). The average Bonchev–Trinajstić information content (AvgIpc) is 3.10. The first-order chi connectivity index (χ1) is 20.7. The van der Waals surface area contributed by atoms with Gasteiger partial charge in [0, 0.05) is 13.1 Å². The monoisotopic (exact) mass is 628 g/mol. The van der Waals surface area contributed by atoms with Crippen LogP contribution in [-0.2, 0) is 20.0 Å². The van der Waals surface area contributed by atoms with E-state index < -0.39 is 32.1 Å². The molecular formula is C36H40N2O4S2. The SMILES string of the molecule is C=C1CN(S(=O)(=O)c2c(C)cc(C)cc2C)[C@@H](c2ccccc2)[C@H](c2ccccc2)N(S(=O)(=O)c2c(C)cc(C)cc2C)C1. The van der Waals surface area contributed by atoms with Crippen LogP contribution in [0.2, 0.25) is 0 Å². The minimum Gasteiger partial charge on any atom is -0.207 e. The molecule has 0 amide bonds. The second-order valence-electron chi connectivity index (χ2n) is 12.0. The van der Waals surface area contributed by atoms with Gasteiger partial charge in [0.15, 0.2) is 0 Å². The van der Waals surface area contributed by atoms with Crippen LogP contribution in [0.4, 0.5) is 0 Å². The smallest absolute Gasteiger partial charge is 0.207 e. The molecule has 1 fully saturated rings. The van der Waals surface area contributed by atoms with Crippen LogP contribution >= 0.6 is 0 Å². The first-order valence-corrected chi connectivity index (χ1v) is 17.6. The van der Waals surface area contributed by atoms with Crippen molar-refractivity contribution in [3.63, 3.8) is 0 Å². The van der Waals surface area contributed by atoms with Gasteiger partial charge in [-0.05, 0) is 80.5 Å². The van der Waals surface area contributed by atoms with Gasteiger partial charge in [-0.2, -0.15) is 8.61 Å². The van der Waals surface area contributed by atoms with Crippen molar-refractivity contribution in [3.8, 4) is 0 Å². The Balaban J connectivity index is 1.84. The Morgan fingerprint density at radius 2 is 0.841 bits per heavy atom. The fourth-order valence-corrected chi connectivity index (χ4v) is 11.0. The summed E-state index contributed by atoms with van der Waals surface area (Å²) >= 11 is 0. The van der Waals surface area contributed by atoms with Crippen LogP contribution < -0.4 is 0 Å². The molecule has 0 aliphatic carbocycles. The molecule has 8 heteroatoms. The Morgan fingerprint density at radius 3 is 1.14 bits per heavy atom. The van der Waals surface area contributed by atoms with Crippen LogP contribution in [-0.4, -0.2) is 38.5 Å². The molecule has 1 aliphatic rings. The van der Waals surface area contributed by atoms with Crippen molar-refractivity contribution in [3.05, 3.63) is 142 Å². The number of benzene rings is 4. The van der Waals surface area contributed by atoms with Crippen molar-refractivity contribution in [2.24, 2.45) is 0 Å². The maximum Gasteiger partial charge on any atom is 0.244 e. The van der Waals surface area contributed by atoms with Crippen molar-refractivity contribution in [1.82, 2.24) is 8.61 Å². The summed E-state index contributed by atoms with van der Waals surface area (Å²) in [5, 5.41) is 0. The molecule has 0 aromatic heterocycles. The molecule has 0 spiro atoms. The Hall–Kier alpha value is -3.56. The van der Waals surface area contributed by atoms with Gasteiger partial charge in [0.05, 0.1) is 21.9 Å². The fraction of sp³-hybridized carbons (Fsp3) is 0.278. The summed E-state index contributed by atoms with van der Waals surface area (Å²) in [6.45, 7) is 15.3. The molecule has 44 heavy (non-hydrogen) atoms. The van der Waals surface area contributed by atoms with E-state index in [1.165, 1.54) is 8.61 Å². The highest BCUT2D eigenvalue weighted by molar-refractivity contribution is 7.89. The third-order valence-electron chi connectivity index (χ3n) is 8.30. The Morgan fingerprint density at radius 1 is 0.545 bits per heavy atom. The third-order valence-corrected chi connectivity index (χ3v) is 12.6. The normalized spacial score (nSPS) is 18.7. The van der Waals surface area contributed by atoms with E-state index in [1.807, 2.05) is 126 Å². The van der Waals surface area contributed by atoms with Crippen LogP contribution in [0.15, 0.2) is 107 Å². The lowest BCUT2D eigenvalue weighted by Crippen LogP contribution is -2.43. The lowest BCUT2D eigenvalue weighted by Gasteiger charge is -2.39. The van der Waals surface area contributed by atoms with E-state index in [0.717, 1.165) is 11.1 Å². The van der Waals surface area contributed by atoms with Gasteiger partial charge in [0.2, 0.25) is 20.0 Å². The summed E-state index contributed by atoms with van der Waals surface area (Å²) in [7, 11) is -8.28. The van der Waals surface area contributed by atoms with E-state index in [0.29, 0.717) is 39.0 Å². The topological polar surface area (TPSA) is 74.8 Å². The third kappa shape index (κ3) is 5.79. The number of hydrogen-bond donors (Lipinski definition) is 0. The van der Waals surface area contributed by atoms with Gasteiger partial charge in [0.25, 0.3) is 0 Å². The number of sulfonamides is 2. The lowest BCUT2D eigenvalue weighted by molar-refractivity contribution is 0.231. The van der Waals surface area contributed by atoms with E-state index in [9.17, 15) is 16.8 Å². The maximum atomic E-state index is 14.9. The van der Waals surface area contributed by atoms with E-state index >= 15 is 0 Å². The standard InChI is InChI=1S/C36H40N2O4S2/c1-24-18-27(4)35(28(5)19-24)43(39,40)37-22-26(3)23-38(44(41,42)36-29(6)20-25(2)21-30(36)7)34(32-16-12-9-13-17-32)33(37)31-14-10-8-11-15-31/h8-21,33-34H,3,22-23H2,1-2,4-7H3/t33-,34-/m0/s1. The molecule has 1 saturated heterocycles. The van der Waals surface area contributed by atoms with Crippen LogP contribution in [0.3, 0.4) is 0 Å². The number of hydrogen-bond acceptors (Lipinski definition) is 4. The lowest BCUT2D eigenvalue weighted by atomic mass is 9.93. The van der Waals surface area contributed by atoms with E-state index in [1.54, 1.807) is 0 Å². The number of aryl methyl sites for hydroxylation is 6. The summed E-state index contributed by atoms with van der Waals surface area (Å²) in [6.07, 6.45) is 0. The van der Waals surface area contributed by atoms with Crippen molar-refractivity contribution in [1.29, 1.82) is 0 Å². The predicted molar refractivity (Wildman–Crippen MR) is 177 cm³/mol. The van der Waals surface area contributed by atoms with Gasteiger partial charge in [-0.15, -0.1) is 0 Å². The minimum absolute atomic E-state index is 0.0319. The molecule has 1 aliphatic heterocycles. The van der Waals surface area contributed by atoms with Gasteiger partial charge >= 0.3 is 0 Å². The summed E-state index contributed by atoms with van der Waals surface area (Å²) < 4.78 is 62.5. The first kappa shape index (κ1) is 31.9. The molecule has 0 N–H and O–H groups in total. The first-order valence-electron chi connectivity index (χ1n) is 14.7. The highest BCUT2D eigenvalue weighted by Gasteiger charge is 2.48. The Bertz CT molecular complexity index is 1750. The highest BCUT2D eigenvalue weighted by atomic mass is 32.2. The van der Waals surface area contributed by atoms with Crippen LogP contribution in [0.5, 0.6) is 0 Å². The van der Waals surface area contributed by atoms with Gasteiger partial charge < -0.3 is 0 Å². The van der Waals surface area contributed by atoms with E-state index in [-0.39, 0.29) is 22.9 Å². The average molecular weight is 629 g/mol. The second kappa shape index (κ2) is 12.1. The summed E-state index contributed by atoms with van der Waals surface area (Å²) in [4.78, 5) is 0.482. The van der Waals surface area contributed by atoms with Crippen molar-refractivity contribution in [2.45, 2.75) is 63.4 Å². The molecule has 6 nitrogen and oxygen atoms in total. The molecule has 0 radical (unpaired) electrons. The molecule has 0 bridgehead atoms.